The van der Waals surface area contributed by atoms with Crippen molar-refractivity contribution >= 4 is 11.7 Å². The van der Waals surface area contributed by atoms with Crippen molar-refractivity contribution in [3.8, 4) is 5.75 Å². The summed E-state index contributed by atoms with van der Waals surface area (Å²) in [6, 6.07) is 17.3. The normalized spacial score (nSPS) is 18.2. The Morgan fingerprint density at radius 3 is 2.58 bits per heavy atom. The third-order valence-corrected chi connectivity index (χ3v) is 4.23. The molecule has 0 aliphatic carbocycles. The highest BCUT2D eigenvalue weighted by atomic mass is 16.3. The predicted molar refractivity (Wildman–Crippen MR) is 96.2 cm³/mol. The molecule has 2 aromatic carbocycles. The number of nitrogens with zero attached hydrogens (tertiary/aromatic N) is 2. The minimum atomic E-state index is 0.0263. The molecular weight excluding hydrogens is 300 g/mol. The third kappa shape index (κ3) is 3.25. The molecular formula is C19H22N4O. The molecule has 0 amide bonds. The molecule has 0 fully saturated rings. The quantitative estimate of drug-likeness (QED) is 0.599. The Hall–Kier alpha value is -2.82. The fourth-order valence-electron chi connectivity index (χ4n) is 2.87. The van der Waals surface area contributed by atoms with Gasteiger partial charge < -0.3 is 10.4 Å². The van der Waals surface area contributed by atoms with Crippen LogP contribution >= 0.6 is 0 Å². The Kier molecular flexibility index (Phi) is 4.51. The van der Waals surface area contributed by atoms with Crippen LogP contribution in [0.25, 0.3) is 0 Å². The molecule has 2 atom stereocenters. The molecule has 0 radical (unpaired) electrons. The van der Waals surface area contributed by atoms with Gasteiger partial charge >= 0.3 is 0 Å². The number of rotatable bonds is 3. The van der Waals surface area contributed by atoms with E-state index in [2.05, 4.69) is 17.3 Å². The molecule has 2 aromatic rings. The first-order valence-corrected chi connectivity index (χ1v) is 8.10. The van der Waals surface area contributed by atoms with Crippen LogP contribution in [0.1, 0.15) is 31.0 Å². The van der Waals surface area contributed by atoms with Gasteiger partial charge in [-0.25, -0.2) is 5.01 Å². The second-order valence-electron chi connectivity index (χ2n) is 6.11. The Labute approximate surface area is 142 Å². The van der Waals surface area contributed by atoms with E-state index < -0.39 is 0 Å². The van der Waals surface area contributed by atoms with Crippen molar-refractivity contribution in [3.63, 3.8) is 0 Å². The Balaban J connectivity index is 1.74. The summed E-state index contributed by atoms with van der Waals surface area (Å²) >= 11 is 0. The van der Waals surface area contributed by atoms with Gasteiger partial charge in [0.15, 0.2) is 0 Å². The predicted octanol–water partition coefficient (Wildman–Crippen LogP) is 3.33. The molecule has 1 heterocycles. The first-order chi connectivity index (χ1) is 11.6. The lowest BCUT2D eigenvalue weighted by Gasteiger charge is -2.21. The summed E-state index contributed by atoms with van der Waals surface area (Å²) in [5, 5.41) is 27.7. The zero-order chi connectivity index (χ0) is 17.1. The zero-order valence-corrected chi connectivity index (χ0v) is 13.9. The number of aromatic hydroxyl groups is 1. The summed E-state index contributed by atoms with van der Waals surface area (Å²) in [6.45, 7) is 4.70. The maximum atomic E-state index is 10.0. The van der Waals surface area contributed by atoms with Crippen molar-refractivity contribution in [2.24, 2.45) is 11.0 Å². The Bertz CT molecular complexity index is 757. The van der Waals surface area contributed by atoms with E-state index in [0.717, 1.165) is 16.8 Å². The molecule has 0 bridgehead atoms. The number of guanidine groups is 1. The van der Waals surface area contributed by atoms with Gasteiger partial charge in [0, 0.05) is 11.5 Å². The van der Waals surface area contributed by atoms with E-state index in [1.807, 2.05) is 49.4 Å². The second-order valence-corrected chi connectivity index (χ2v) is 6.11. The van der Waals surface area contributed by atoms with Crippen molar-refractivity contribution in [1.82, 2.24) is 10.3 Å². The fraction of sp³-hybridized carbons (Fsp3) is 0.263. The molecule has 5 nitrogen and oxygen atoms in total. The summed E-state index contributed by atoms with van der Waals surface area (Å²) < 4.78 is 0. The van der Waals surface area contributed by atoms with Crippen molar-refractivity contribution in [2.75, 3.05) is 6.54 Å². The zero-order valence-electron chi connectivity index (χ0n) is 13.9. The number of hydrogen-bond acceptors (Lipinski definition) is 3. The molecule has 3 N–H and O–H groups in total. The number of hydrazone groups is 1. The molecule has 5 heteroatoms. The molecule has 0 aromatic heterocycles. The highest BCUT2D eigenvalue weighted by Gasteiger charge is 2.28. The minimum absolute atomic E-state index is 0.0263. The second kappa shape index (κ2) is 6.74. The van der Waals surface area contributed by atoms with Gasteiger partial charge in [0.1, 0.15) is 5.75 Å². The first-order valence-electron chi connectivity index (χ1n) is 8.10. The van der Waals surface area contributed by atoms with Gasteiger partial charge in [0.25, 0.3) is 0 Å². The number of nitrogens with one attached hydrogen (secondary N) is 2. The van der Waals surface area contributed by atoms with Crippen LogP contribution < -0.4 is 5.32 Å². The summed E-state index contributed by atoms with van der Waals surface area (Å²) in [6.07, 6.45) is 0. The maximum Gasteiger partial charge on any atom is 0.212 e. The summed E-state index contributed by atoms with van der Waals surface area (Å²) in [5.41, 5.74) is 2.67. The molecule has 1 unspecified atom stereocenters. The van der Waals surface area contributed by atoms with Gasteiger partial charge in [-0.1, -0.05) is 49.4 Å². The third-order valence-electron chi connectivity index (χ3n) is 4.23. The van der Waals surface area contributed by atoms with Crippen LogP contribution in [0.4, 0.5) is 0 Å². The molecule has 124 valence electrons. The summed E-state index contributed by atoms with van der Waals surface area (Å²) in [5.74, 6) is 0.637. The fourth-order valence-corrected chi connectivity index (χ4v) is 2.87. The van der Waals surface area contributed by atoms with Gasteiger partial charge in [-0.05, 0) is 24.6 Å². The molecule has 1 aliphatic rings. The van der Waals surface area contributed by atoms with E-state index in [4.69, 9.17) is 5.41 Å². The SMILES string of the molecule is CC1CN(C(=N)N[C@@H](C)c2ccccc2)N=C1c1ccccc1O. The summed E-state index contributed by atoms with van der Waals surface area (Å²) in [4.78, 5) is 0. The van der Waals surface area contributed by atoms with Gasteiger partial charge in [-0.3, -0.25) is 5.41 Å². The van der Waals surface area contributed by atoms with Gasteiger partial charge in [0.2, 0.25) is 5.96 Å². The van der Waals surface area contributed by atoms with Crippen LogP contribution in [-0.4, -0.2) is 28.3 Å². The maximum absolute atomic E-state index is 10.0. The van der Waals surface area contributed by atoms with E-state index in [1.165, 1.54) is 0 Å². The van der Waals surface area contributed by atoms with E-state index in [-0.39, 0.29) is 23.7 Å². The van der Waals surface area contributed by atoms with Crippen LogP contribution in [0.5, 0.6) is 5.75 Å². The molecule has 0 spiro atoms. The van der Waals surface area contributed by atoms with Crippen molar-refractivity contribution in [2.45, 2.75) is 19.9 Å². The van der Waals surface area contributed by atoms with E-state index in [0.29, 0.717) is 6.54 Å². The van der Waals surface area contributed by atoms with Crippen LogP contribution in [0.15, 0.2) is 59.7 Å². The number of para-hydroxylation sites is 1. The standard InChI is InChI=1S/C19H22N4O/c1-13-12-23(22-18(13)16-10-6-7-11-17(16)24)19(20)21-14(2)15-8-4-3-5-9-15/h3-11,13-14,24H,12H2,1-2H3,(H2,20,21)/t13?,14-/m0/s1. The van der Waals surface area contributed by atoms with Crippen LogP contribution in [-0.2, 0) is 0 Å². The van der Waals surface area contributed by atoms with Gasteiger partial charge in [-0.2, -0.15) is 5.10 Å². The summed E-state index contributed by atoms with van der Waals surface area (Å²) in [7, 11) is 0. The van der Waals surface area contributed by atoms with Crippen molar-refractivity contribution < 1.29 is 5.11 Å². The lowest BCUT2D eigenvalue weighted by atomic mass is 9.99. The average molecular weight is 322 g/mol. The number of hydrogen-bond donors (Lipinski definition) is 3. The first kappa shape index (κ1) is 16.1. The number of phenols is 1. The topological polar surface area (TPSA) is 71.7 Å². The average Bonchev–Trinajstić information content (AvgIpc) is 2.98. The number of benzene rings is 2. The van der Waals surface area contributed by atoms with E-state index >= 15 is 0 Å². The lowest BCUT2D eigenvalue weighted by Crippen LogP contribution is -2.38. The molecule has 3 rings (SSSR count). The van der Waals surface area contributed by atoms with Crippen LogP contribution in [0.2, 0.25) is 0 Å². The Morgan fingerprint density at radius 1 is 1.21 bits per heavy atom. The Morgan fingerprint density at radius 2 is 1.88 bits per heavy atom. The number of phenolic OH excluding ortho intramolecular Hbond substituents is 1. The monoisotopic (exact) mass is 322 g/mol. The van der Waals surface area contributed by atoms with E-state index in [9.17, 15) is 5.11 Å². The van der Waals surface area contributed by atoms with Crippen LogP contribution in [0.3, 0.4) is 0 Å². The molecule has 0 saturated carbocycles. The van der Waals surface area contributed by atoms with Gasteiger partial charge in [0.05, 0.1) is 18.3 Å². The molecule has 0 saturated heterocycles. The smallest absolute Gasteiger partial charge is 0.212 e. The minimum Gasteiger partial charge on any atom is -0.507 e. The highest BCUT2D eigenvalue weighted by molar-refractivity contribution is 6.06. The van der Waals surface area contributed by atoms with Gasteiger partial charge in [-0.15, -0.1) is 0 Å². The van der Waals surface area contributed by atoms with Crippen molar-refractivity contribution in [1.29, 1.82) is 5.41 Å². The lowest BCUT2D eigenvalue weighted by molar-refractivity contribution is 0.427. The highest BCUT2D eigenvalue weighted by Crippen LogP contribution is 2.25. The van der Waals surface area contributed by atoms with E-state index in [1.54, 1.807) is 17.1 Å². The largest absolute Gasteiger partial charge is 0.507 e. The van der Waals surface area contributed by atoms with Crippen LogP contribution in [0, 0.1) is 11.3 Å². The molecule has 1 aliphatic heterocycles. The van der Waals surface area contributed by atoms with Crippen molar-refractivity contribution in [3.05, 3.63) is 65.7 Å². The molecule has 24 heavy (non-hydrogen) atoms.